The Morgan fingerprint density at radius 1 is 1.12 bits per heavy atom. The first-order chi connectivity index (χ1) is 11.3. The number of aromatic hydroxyl groups is 1. The lowest BCUT2D eigenvalue weighted by molar-refractivity contribution is 0.0247. The van der Waals surface area contributed by atoms with Crippen molar-refractivity contribution in [2.45, 2.75) is 25.2 Å². The van der Waals surface area contributed by atoms with Crippen LogP contribution in [0.15, 0.2) is 18.2 Å². The van der Waals surface area contributed by atoms with Crippen molar-refractivity contribution < 1.29 is 19.4 Å². The molecule has 0 spiro atoms. The summed E-state index contributed by atoms with van der Waals surface area (Å²) >= 11 is 0. The number of amides is 4. The van der Waals surface area contributed by atoms with E-state index < -0.39 is 6.17 Å². The average Bonchev–Trinajstić information content (AvgIpc) is 2.55. The molecule has 2 heterocycles. The molecule has 0 aliphatic carbocycles. The smallest absolute Gasteiger partial charge is 0.319 e. The van der Waals surface area contributed by atoms with Gasteiger partial charge in [-0.1, -0.05) is 6.07 Å². The molecule has 2 saturated heterocycles. The van der Waals surface area contributed by atoms with E-state index in [-0.39, 0.29) is 35.8 Å². The topological polar surface area (TPSA) is 94.1 Å². The number of carbonyl (C=O) groups is 2. The van der Waals surface area contributed by atoms with Crippen LogP contribution in [0.5, 0.6) is 11.5 Å². The maximum atomic E-state index is 12.4. The Morgan fingerprint density at radius 2 is 1.79 bits per heavy atom. The van der Waals surface area contributed by atoms with E-state index in [0.717, 1.165) is 5.56 Å². The lowest BCUT2D eigenvalue weighted by atomic mass is 9.81. The minimum absolute atomic E-state index is 0.0443. The standard InChI is InChI=1S/C16H22N4O4/c1-8-12-13(9-5-6-10(21)11(7-9)24-4)19(2)16(23)18-14(12)20(3)15(22)17-8/h5-8,12-14,21H,1-4H3,(H,17,22)(H,18,23)/t8-,12-,13-,14-/m0/s1. The van der Waals surface area contributed by atoms with Gasteiger partial charge in [-0.3, -0.25) is 0 Å². The minimum atomic E-state index is -0.401. The van der Waals surface area contributed by atoms with Crippen LogP contribution >= 0.6 is 0 Å². The Balaban J connectivity index is 2.06. The van der Waals surface area contributed by atoms with E-state index in [2.05, 4.69) is 10.6 Å². The Labute approximate surface area is 140 Å². The molecule has 0 bridgehead atoms. The summed E-state index contributed by atoms with van der Waals surface area (Å²) < 4.78 is 5.19. The van der Waals surface area contributed by atoms with Crippen LogP contribution in [0.3, 0.4) is 0 Å². The van der Waals surface area contributed by atoms with Crippen molar-refractivity contribution in [3.05, 3.63) is 23.8 Å². The Bertz CT molecular complexity index is 680. The third kappa shape index (κ3) is 2.38. The molecule has 2 aliphatic heterocycles. The first-order valence-corrected chi connectivity index (χ1v) is 7.78. The summed E-state index contributed by atoms with van der Waals surface area (Å²) in [6.45, 7) is 1.93. The minimum Gasteiger partial charge on any atom is -0.504 e. The normalized spacial score (nSPS) is 29.7. The number of ether oxygens (including phenoxy) is 1. The second-order valence-electron chi connectivity index (χ2n) is 6.31. The fourth-order valence-corrected chi connectivity index (χ4v) is 3.63. The van der Waals surface area contributed by atoms with Gasteiger partial charge in [-0.05, 0) is 24.6 Å². The fourth-order valence-electron chi connectivity index (χ4n) is 3.63. The summed E-state index contributed by atoms with van der Waals surface area (Å²) in [4.78, 5) is 27.6. The van der Waals surface area contributed by atoms with E-state index in [1.165, 1.54) is 12.0 Å². The molecule has 2 aliphatic rings. The number of benzene rings is 1. The molecule has 1 aromatic carbocycles. The molecule has 0 saturated carbocycles. The number of nitrogens with zero attached hydrogens (tertiary/aromatic N) is 2. The average molecular weight is 334 g/mol. The van der Waals surface area contributed by atoms with Crippen molar-refractivity contribution in [3.8, 4) is 11.5 Å². The summed E-state index contributed by atoms with van der Waals surface area (Å²) in [6.07, 6.45) is -0.401. The van der Waals surface area contributed by atoms with Gasteiger partial charge in [-0.25, -0.2) is 9.59 Å². The number of phenols is 1. The Kier molecular flexibility index (Phi) is 3.90. The number of urea groups is 2. The number of nitrogens with one attached hydrogen (secondary N) is 2. The van der Waals surface area contributed by atoms with Gasteiger partial charge in [0.2, 0.25) is 0 Å². The lowest BCUT2D eigenvalue weighted by Gasteiger charge is -2.52. The number of phenolic OH excluding ortho intramolecular Hbond substituents is 1. The monoisotopic (exact) mass is 334 g/mol. The summed E-state index contributed by atoms with van der Waals surface area (Å²) in [5, 5.41) is 15.7. The second kappa shape index (κ2) is 5.77. The predicted molar refractivity (Wildman–Crippen MR) is 86.7 cm³/mol. The van der Waals surface area contributed by atoms with Crippen molar-refractivity contribution in [2.24, 2.45) is 5.92 Å². The highest BCUT2D eigenvalue weighted by molar-refractivity contribution is 5.80. The van der Waals surface area contributed by atoms with Gasteiger partial charge in [0.15, 0.2) is 11.5 Å². The molecule has 130 valence electrons. The molecular formula is C16H22N4O4. The van der Waals surface area contributed by atoms with Crippen LogP contribution in [0.4, 0.5) is 9.59 Å². The molecule has 3 rings (SSSR count). The number of carbonyl (C=O) groups excluding carboxylic acids is 2. The van der Waals surface area contributed by atoms with Crippen molar-refractivity contribution in [3.63, 3.8) is 0 Å². The van der Waals surface area contributed by atoms with E-state index in [0.29, 0.717) is 5.75 Å². The van der Waals surface area contributed by atoms with Crippen molar-refractivity contribution >= 4 is 12.1 Å². The van der Waals surface area contributed by atoms with Gasteiger partial charge < -0.3 is 30.3 Å². The first-order valence-electron chi connectivity index (χ1n) is 7.78. The quantitative estimate of drug-likeness (QED) is 0.754. The van der Waals surface area contributed by atoms with E-state index >= 15 is 0 Å². The Hall–Kier alpha value is -2.64. The van der Waals surface area contributed by atoms with Crippen LogP contribution in [-0.4, -0.2) is 60.4 Å². The van der Waals surface area contributed by atoms with Crippen LogP contribution in [0.1, 0.15) is 18.5 Å². The number of rotatable bonds is 2. The maximum Gasteiger partial charge on any atom is 0.319 e. The highest BCUT2D eigenvalue weighted by atomic mass is 16.5. The molecule has 4 amide bonds. The van der Waals surface area contributed by atoms with Gasteiger partial charge in [-0.15, -0.1) is 0 Å². The predicted octanol–water partition coefficient (Wildman–Crippen LogP) is 1.08. The summed E-state index contributed by atoms with van der Waals surface area (Å²) in [7, 11) is 4.87. The lowest BCUT2D eigenvalue weighted by Crippen LogP contribution is -2.71. The third-order valence-electron chi connectivity index (χ3n) is 4.95. The van der Waals surface area contributed by atoms with Crippen molar-refractivity contribution in [1.29, 1.82) is 0 Å². The van der Waals surface area contributed by atoms with Crippen LogP contribution < -0.4 is 15.4 Å². The molecular weight excluding hydrogens is 312 g/mol. The molecule has 0 unspecified atom stereocenters. The van der Waals surface area contributed by atoms with E-state index in [1.807, 2.05) is 6.92 Å². The van der Waals surface area contributed by atoms with Gasteiger partial charge in [0.1, 0.15) is 6.17 Å². The highest BCUT2D eigenvalue weighted by Crippen LogP contribution is 2.40. The summed E-state index contributed by atoms with van der Waals surface area (Å²) in [6, 6.07) is 4.20. The van der Waals surface area contributed by atoms with Crippen molar-refractivity contribution in [1.82, 2.24) is 20.4 Å². The zero-order valence-corrected chi connectivity index (χ0v) is 14.1. The zero-order chi connectivity index (χ0) is 17.6. The van der Waals surface area contributed by atoms with Crippen LogP contribution in [0, 0.1) is 5.92 Å². The SMILES string of the molecule is COc1cc([C@H]2[C@@H]3[C@H](C)NC(=O)N(C)[C@@H]3NC(=O)N2C)ccc1O. The van der Waals surface area contributed by atoms with Gasteiger partial charge >= 0.3 is 12.1 Å². The zero-order valence-electron chi connectivity index (χ0n) is 14.1. The molecule has 8 nitrogen and oxygen atoms in total. The van der Waals surface area contributed by atoms with E-state index in [1.54, 1.807) is 37.2 Å². The van der Waals surface area contributed by atoms with Gasteiger partial charge in [0.05, 0.1) is 13.2 Å². The highest BCUT2D eigenvalue weighted by Gasteiger charge is 2.49. The van der Waals surface area contributed by atoms with Gasteiger partial charge in [0, 0.05) is 26.1 Å². The number of methoxy groups -OCH3 is 1. The molecule has 1 aromatic rings. The number of hydrogen-bond donors (Lipinski definition) is 3. The number of hydrogen-bond acceptors (Lipinski definition) is 4. The molecule has 3 N–H and O–H groups in total. The van der Waals surface area contributed by atoms with Crippen molar-refractivity contribution in [2.75, 3.05) is 21.2 Å². The van der Waals surface area contributed by atoms with Crippen LogP contribution in [0.2, 0.25) is 0 Å². The Morgan fingerprint density at radius 3 is 2.46 bits per heavy atom. The maximum absolute atomic E-state index is 12.4. The van der Waals surface area contributed by atoms with E-state index in [4.69, 9.17) is 4.74 Å². The largest absolute Gasteiger partial charge is 0.504 e. The second-order valence-corrected chi connectivity index (χ2v) is 6.31. The summed E-state index contributed by atoms with van der Waals surface area (Å²) in [5.74, 6) is 0.330. The third-order valence-corrected chi connectivity index (χ3v) is 4.95. The molecule has 2 fully saturated rings. The fraction of sp³-hybridized carbons (Fsp3) is 0.500. The van der Waals surface area contributed by atoms with Crippen LogP contribution in [0.25, 0.3) is 0 Å². The van der Waals surface area contributed by atoms with E-state index in [9.17, 15) is 14.7 Å². The molecule has 24 heavy (non-hydrogen) atoms. The van der Waals surface area contributed by atoms with Gasteiger partial charge in [0.25, 0.3) is 0 Å². The first kappa shape index (κ1) is 16.2. The molecule has 0 radical (unpaired) electrons. The molecule has 0 aromatic heterocycles. The molecule has 8 heteroatoms. The summed E-state index contributed by atoms with van der Waals surface area (Å²) in [5.41, 5.74) is 0.841. The van der Waals surface area contributed by atoms with Crippen LogP contribution in [-0.2, 0) is 0 Å². The van der Waals surface area contributed by atoms with Gasteiger partial charge in [-0.2, -0.15) is 0 Å². The number of fused-ring (bicyclic) bond motifs is 1. The molecule has 4 atom stereocenters.